The van der Waals surface area contributed by atoms with Crippen LogP contribution in [0.2, 0.25) is 10.0 Å². The van der Waals surface area contributed by atoms with Crippen molar-refractivity contribution in [1.82, 2.24) is 0 Å². The van der Waals surface area contributed by atoms with Gasteiger partial charge in [0.25, 0.3) is 10.1 Å². The molecule has 0 saturated heterocycles. The molecule has 0 fully saturated rings. The van der Waals surface area contributed by atoms with Crippen molar-refractivity contribution in [3.63, 3.8) is 0 Å². The minimum absolute atomic E-state index is 0.0755. The third-order valence-corrected chi connectivity index (χ3v) is 10.8. The van der Waals surface area contributed by atoms with Crippen molar-refractivity contribution in [2.75, 3.05) is 25.1 Å². The molecule has 1 N–H and O–H groups in total. The van der Waals surface area contributed by atoms with Gasteiger partial charge < -0.3 is 14.1 Å². The van der Waals surface area contributed by atoms with Gasteiger partial charge in [-0.3, -0.25) is 9.35 Å². The van der Waals surface area contributed by atoms with Crippen LogP contribution in [0.25, 0.3) is 57.7 Å². The van der Waals surface area contributed by atoms with Crippen molar-refractivity contribution in [3.8, 4) is 28.2 Å². The summed E-state index contributed by atoms with van der Waals surface area (Å²) in [6, 6.07) is 27.2. The predicted molar refractivity (Wildman–Crippen MR) is 224 cm³/mol. The van der Waals surface area contributed by atoms with Crippen molar-refractivity contribution in [2.24, 2.45) is 0 Å². The lowest BCUT2D eigenvalue weighted by Gasteiger charge is -2.24. The van der Waals surface area contributed by atoms with Crippen LogP contribution in [0.15, 0.2) is 105 Å². The highest BCUT2D eigenvalue weighted by atomic mass is 35.5. The van der Waals surface area contributed by atoms with E-state index in [-0.39, 0.29) is 31.8 Å². The first-order valence-corrected chi connectivity index (χ1v) is 20.1. The Labute approximate surface area is 326 Å². The van der Waals surface area contributed by atoms with Crippen molar-refractivity contribution in [1.29, 1.82) is 0 Å². The highest BCUT2D eigenvalue weighted by Crippen LogP contribution is 2.45. The summed E-state index contributed by atoms with van der Waals surface area (Å²) >= 11 is 12.7. The standard InChI is InChI=1S/C44H41Cl2NO6S/c1-4-6-22-47(23-7-5-2)33-19-16-31(17-20-33)13-12-29-8-10-30(11-9-29)14-15-32-18-21-34(43(24-32)54(49,50)51)44-35-25-37(45)39(48)27-40(35)53-41-28-42(52-3)38(46)26-36(41)44/h8-21,24-28H,4-7,22-23H2,1-3H3,(H,49,50,51)/b13-12+,15-14+. The number of unbranched alkanes of at least 4 members (excludes halogenated alkanes) is 2. The molecule has 4 aromatic rings. The van der Waals surface area contributed by atoms with Crippen LogP contribution in [-0.2, 0) is 10.1 Å². The molecular formula is C44H41Cl2NO6S. The molecule has 278 valence electrons. The molecule has 1 aliphatic heterocycles. The molecule has 0 aromatic heterocycles. The van der Waals surface area contributed by atoms with Crippen LogP contribution in [0.4, 0.5) is 5.69 Å². The van der Waals surface area contributed by atoms with Gasteiger partial charge in [-0.15, -0.1) is 0 Å². The van der Waals surface area contributed by atoms with E-state index in [1.165, 1.54) is 56.7 Å². The minimum Gasteiger partial charge on any atom is -0.495 e. The number of fused-ring (bicyclic) bond motifs is 2. The van der Waals surface area contributed by atoms with Gasteiger partial charge in [-0.05, 0) is 65.4 Å². The lowest BCUT2D eigenvalue weighted by Crippen LogP contribution is -2.25. The van der Waals surface area contributed by atoms with Crippen LogP contribution in [0.3, 0.4) is 0 Å². The normalized spacial score (nSPS) is 12.0. The Morgan fingerprint density at radius 2 is 1.28 bits per heavy atom. The van der Waals surface area contributed by atoms with Gasteiger partial charge in [0, 0.05) is 53.0 Å². The minimum atomic E-state index is -4.74. The quantitative estimate of drug-likeness (QED) is 0.0667. The number of hydrogen-bond donors (Lipinski definition) is 1. The maximum atomic E-state index is 12.9. The van der Waals surface area contributed by atoms with E-state index in [0.29, 0.717) is 27.8 Å². The Kier molecular flexibility index (Phi) is 12.3. The summed E-state index contributed by atoms with van der Waals surface area (Å²) in [6.07, 6.45) is 12.5. The highest BCUT2D eigenvalue weighted by molar-refractivity contribution is 7.86. The van der Waals surface area contributed by atoms with Gasteiger partial charge in [0.15, 0.2) is 0 Å². The summed E-state index contributed by atoms with van der Waals surface area (Å²) in [5.41, 5.74) is 5.59. The molecule has 7 nitrogen and oxygen atoms in total. The number of hydrogen-bond acceptors (Lipinski definition) is 6. The van der Waals surface area contributed by atoms with E-state index in [2.05, 4.69) is 55.2 Å². The molecule has 0 amide bonds. The van der Waals surface area contributed by atoms with Gasteiger partial charge >= 0.3 is 0 Å². The SMILES string of the molecule is CCCCN(CCCC)c1ccc(/C=C/c2ccc(/C=C/c3ccc(-c4c5cc(Cl)c(=O)cc-5oc5cc(OC)c(Cl)cc45)c(S(=O)(=O)O)c3)cc2)cc1. The number of nitrogens with zero attached hydrogens (tertiary/aromatic N) is 1. The fraction of sp³-hybridized carbons (Fsp3) is 0.205. The summed E-state index contributed by atoms with van der Waals surface area (Å²) < 4.78 is 47.7. The van der Waals surface area contributed by atoms with Gasteiger partial charge in [-0.1, -0.05) is 123 Å². The fourth-order valence-corrected chi connectivity index (χ4v) is 7.51. The number of anilines is 1. The zero-order valence-electron chi connectivity index (χ0n) is 30.3. The van der Waals surface area contributed by atoms with Crippen molar-refractivity contribution in [2.45, 2.75) is 44.4 Å². The Morgan fingerprint density at radius 1 is 0.722 bits per heavy atom. The number of rotatable bonds is 14. The first-order chi connectivity index (χ1) is 26.0. The average molecular weight is 783 g/mol. The Bertz CT molecular complexity index is 2460. The number of ether oxygens (including phenoxy) is 1. The van der Waals surface area contributed by atoms with Gasteiger partial charge in [-0.25, -0.2) is 0 Å². The summed E-state index contributed by atoms with van der Waals surface area (Å²) in [5, 5.41) is 0.607. The summed E-state index contributed by atoms with van der Waals surface area (Å²) in [6.45, 7) is 6.60. The van der Waals surface area contributed by atoms with Crippen LogP contribution in [0.5, 0.6) is 5.75 Å². The third kappa shape index (κ3) is 8.91. The van der Waals surface area contributed by atoms with Gasteiger partial charge in [-0.2, -0.15) is 8.42 Å². The summed E-state index contributed by atoms with van der Waals surface area (Å²) in [5.74, 6) is 0.496. The maximum absolute atomic E-state index is 12.9. The van der Waals surface area contributed by atoms with Crippen molar-refractivity contribution < 1.29 is 22.1 Å². The van der Waals surface area contributed by atoms with Crippen LogP contribution in [0.1, 0.15) is 61.8 Å². The molecule has 0 radical (unpaired) electrons. The van der Waals surface area contributed by atoms with E-state index < -0.39 is 15.5 Å². The molecule has 1 heterocycles. The van der Waals surface area contributed by atoms with Gasteiger partial charge in [0.2, 0.25) is 5.43 Å². The molecule has 54 heavy (non-hydrogen) atoms. The second kappa shape index (κ2) is 17.1. The van der Waals surface area contributed by atoms with E-state index >= 15 is 0 Å². The lowest BCUT2D eigenvalue weighted by atomic mass is 9.93. The molecule has 2 aliphatic rings. The van der Waals surface area contributed by atoms with Crippen LogP contribution in [-0.4, -0.2) is 33.2 Å². The number of methoxy groups -OCH3 is 1. The molecule has 0 bridgehead atoms. The Balaban J connectivity index is 1.27. The van der Waals surface area contributed by atoms with E-state index in [1.54, 1.807) is 30.3 Å². The average Bonchev–Trinajstić information content (AvgIpc) is 3.16. The molecule has 0 atom stereocenters. The van der Waals surface area contributed by atoms with Crippen molar-refractivity contribution in [3.05, 3.63) is 134 Å². The maximum Gasteiger partial charge on any atom is 0.295 e. The largest absolute Gasteiger partial charge is 0.495 e. The van der Waals surface area contributed by atoms with E-state index in [1.807, 2.05) is 30.3 Å². The number of benzene rings is 5. The summed E-state index contributed by atoms with van der Waals surface area (Å²) in [7, 11) is -3.29. The smallest absolute Gasteiger partial charge is 0.295 e. The molecule has 4 aromatic carbocycles. The second-order valence-corrected chi connectivity index (χ2v) is 15.3. The second-order valence-electron chi connectivity index (χ2n) is 13.1. The predicted octanol–water partition coefficient (Wildman–Crippen LogP) is 11.9. The van der Waals surface area contributed by atoms with Crippen LogP contribution in [0, 0.1) is 0 Å². The summed E-state index contributed by atoms with van der Waals surface area (Å²) in [4.78, 5) is 14.6. The van der Waals surface area contributed by atoms with E-state index in [4.69, 9.17) is 32.4 Å². The zero-order chi connectivity index (χ0) is 38.4. The molecular weight excluding hydrogens is 741 g/mol. The molecule has 6 rings (SSSR count). The van der Waals surface area contributed by atoms with E-state index in [9.17, 15) is 17.8 Å². The first kappa shape index (κ1) is 38.9. The van der Waals surface area contributed by atoms with Gasteiger partial charge in [0.1, 0.15) is 22.0 Å². The molecule has 0 saturated carbocycles. The van der Waals surface area contributed by atoms with Gasteiger partial charge in [0.05, 0.1) is 17.2 Å². The first-order valence-electron chi connectivity index (χ1n) is 17.9. The van der Waals surface area contributed by atoms with Crippen molar-refractivity contribution >= 4 is 74.3 Å². The third-order valence-electron chi connectivity index (χ3n) is 9.29. The lowest BCUT2D eigenvalue weighted by molar-refractivity contribution is 0.414. The Hall–Kier alpha value is -4.86. The van der Waals surface area contributed by atoms with Crippen LogP contribution < -0.4 is 15.1 Å². The molecule has 1 aliphatic carbocycles. The Morgan fingerprint density at radius 3 is 1.83 bits per heavy atom. The van der Waals surface area contributed by atoms with Crippen LogP contribution >= 0.6 is 23.2 Å². The van der Waals surface area contributed by atoms with E-state index in [0.717, 1.165) is 29.8 Å². The zero-order valence-corrected chi connectivity index (χ0v) is 32.6. The highest BCUT2D eigenvalue weighted by Gasteiger charge is 2.25. The monoisotopic (exact) mass is 781 g/mol. The molecule has 10 heteroatoms. The topological polar surface area (TPSA) is 97.1 Å². The molecule has 0 unspecified atom stereocenters. The molecule has 0 spiro atoms. The fourth-order valence-electron chi connectivity index (χ4n) is 6.37. The number of halogens is 2.